The molecule has 0 saturated carbocycles. The zero-order valence-electron chi connectivity index (χ0n) is 19.5. The molecule has 1 amide bonds. The van der Waals surface area contributed by atoms with Crippen LogP contribution < -0.4 is 9.80 Å². The number of rotatable bonds is 3. The molecule has 2 aliphatic heterocycles. The van der Waals surface area contributed by atoms with Crippen LogP contribution in [-0.4, -0.2) is 55.1 Å². The number of hydrogen-bond acceptors (Lipinski definition) is 4. The number of amides is 1. The van der Waals surface area contributed by atoms with Gasteiger partial charge in [0.1, 0.15) is 0 Å². The molecule has 3 aromatic rings. The Kier molecular flexibility index (Phi) is 6.15. The van der Waals surface area contributed by atoms with Gasteiger partial charge in [0.25, 0.3) is 5.91 Å². The van der Waals surface area contributed by atoms with Crippen molar-refractivity contribution in [1.29, 1.82) is 0 Å². The second kappa shape index (κ2) is 9.22. The molecule has 5 nitrogen and oxygen atoms in total. The van der Waals surface area contributed by atoms with Gasteiger partial charge in [0.05, 0.1) is 16.8 Å². The Morgan fingerprint density at radius 1 is 0.879 bits per heavy atom. The molecule has 172 valence electrons. The second-order valence-corrected chi connectivity index (χ2v) is 9.74. The van der Waals surface area contributed by atoms with Gasteiger partial charge in [-0.2, -0.15) is 0 Å². The number of aromatic nitrogens is 1. The van der Waals surface area contributed by atoms with E-state index in [2.05, 4.69) is 46.8 Å². The van der Waals surface area contributed by atoms with Gasteiger partial charge in [-0.25, -0.2) is 0 Å². The summed E-state index contributed by atoms with van der Waals surface area (Å²) in [6.45, 7) is 9.48. The van der Waals surface area contributed by atoms with Crippen molar-refractivity contribution in [1.82, 2.24) is 9.88 Å². The van der Waals surface area contributed by atoms with Crippen LogP contribution >= 0.6 is 11.6 Å². The number of halogens is 1. The Hall–Kier alpha value is -2.79. The van der Waals surface area contributed by atoms with Crippen LogP contribution in [0.15, 0.2) is 42.6 Å². The number of benzene rings is 2. The molecule has 0 aliphatic carbocycles. The molecule has 2 fully saturated rings. The first kappa shape index (κ1) is 22.0. The van der Waals surface area contributed by atoms with Gasteiger partial charge in [0.15, 0.2) is 0 Å². The first-order valence-corrected chi connectivity index (χ1v) is 12.3. The maximum absolute atomic E-state index is 13.6. The number of carbonyl (C=O) groups excluding carboxylic acids is 1. The Bertz CT molecular complexity index is 1180. The van der Waals surface area contributed by atoms with Gasteiger partial charge in [-0.3, -0.25) is 9.78 Å². The fourth-order valence-corrected chi connectivity index (χ4v) is 5.32. The van der Waals surface area contributed by atoms with E-state index in [1.807, 2.05) is 23.1 Å². The quantitative estimate of drug-likeness (QED) is 0.518. The summed E-state index contributed by atoms with van der Waals surface area (Å²) in [5, 5.41) is 1.63. The molecule has 0 atom stereocenters. The number of aryl methyl sites for hydroxylation is 2. The number of carbonyl (C=O) groups is 1. The van der Waals surface area contributed by atoms with Crippen molar-refractivity contribution in [2.75, 3.05) is 49.1 Å². The molecule has 6 heteroatoms. The highest BCUT2D eigenvalue weighted by atomic mass is 35.5. The van der Waals surface area contributed by atoms with Gasteiger partial charge >= 0.3 is 0 Å². The molecule has 5 rings (SSSR count). The largest absolute Gasteiger partial charge is 0.368 e. The fourth-order valence-electron chi connectivity index (χ4n) is 5.15. The van der Waals surface area contributed by atoms with E-state index in [0.29, 0.717) is 10.6 Å². The van der Waals surface area contributed by atoms with Crippen LogP contribution in [0.4, 0.5) is 11.4 Å². The van der Waals surface area contributed by atoms with Crippen LogP contribution in [0, 0.1) is 13.8 Å². The minimum atomic E-state index is 0.0935. The fraction of sp³-hybridized carbons (Fsp3) is 0.407. The summed E-state index contributed by atoms with van der Waals surface area (Å²) >= 11 is 6.40. The van der Waals surface area contributed by atoms with Crippen LogP contribution in [-0.2, 0) is 0 Å². The molecule has 0 radical (unpaired) electrons. The molecule has 1 aromatic heterocycles. The summed E-state index contributed by atoms with van der Waals surface area (Å²) in [4.78, 5) is 25.0. The lowest BCUT2D eigenvalue weighted by Gasteiger charge is -2.39. The van der Waals surface area contributed by atoms with E-state index in [4.69, 9.17) is 11.6 Å². The third kappa shape index (κ3) is 4.39. The van der Waals surface area contributed by atoms with Crippen molar-refractivity contribution in [2.24, 2.45) is 0 Å². The van der Waals surface area contributed by atoms with Crippen molar-refractivity contribution in [3.05, 3.63) is 64.3 Å². The van der Waals surface area contributed by atoms with Crippen LogP contribution in [0.3, 0.4) is 0 Å². The lowest BCUT2D eigenvalue weighted by molar-refractivity contribution is 0.0724. The lowest BCUT2D eigenvalue weighted by Crippen LogP contribution is -2.47. The predicted molar refractivity (Wildman–Crippen MR) is 137 cm³/mol. The van der Waals surface area contributed by atoms with E-state index < -0.39 is 0 Å². The monoisotopic (exact) mass is 462 g/mol. The first-order chi connectivity index (χ1) is 16.0. The molecule has 2 saturated heterocycles. The number of pyridine rings is 1. The van der Waals surface area contributed by atoms with Crippen molar-refractivity contribution in [2.45, 2.75) is 33.1 Å². The zero-order valence-corrected chi connectivity index (χ0v) is 20.2. The number of likely N-dealkylation sites (tertiary alicyclic amines) is 1. The number of piperidine rings is 1. The van der Waals surface area contributed by atoms with Crippen LogP contribution in [0.25, 0.3) is 10.9 Å². The molecule has 3 heterocycles. The maximum atomic E-state index is 13.6. The Labute approximate surface area is 201 Å². The minimum absolute atomic E-state index is 0.0935. The van der Waals surface area contributed by atoms with Gasteiger partial charge in [-0.1, -0.05) is 23.7 Å². The molecule has 0 unspecified atom stereocenters. The van der Waals surface area contributed by atoms with Gasteiger partial charge in [-0.15, -0.1) is 0 Å². The topological polar surface area (TPSA) is 39.7 Å². The number of hydrogen-bond donors (Lipinski definition) is 0. The van der Waals surface area contributed by atoms with Gasteiger partial charge in [0.2, 0.25) is 0 Å². The standard InChI is InChI=1S/C27H31ClN4O/c1-19-6-7-20(2)25(16-19)30-12-14-31(15-13-30)26-22-17-21(28)8-9-24(22)29-18-23(26)27(33)32-10-4-3-5-11-32/h6-9,16-18H,3-5,10-15H2,1-2H3. The average Bonchev–Trinajstić information content (AvgIpc) is 2.85. The summed E-state index contributed by atoms with van der Waals surface area (Å²) in [5.74, 6) is 0.0935. The molecular weight excluding hydrogens is 432 g/mol. The van der Waals surface area contributed by atoms with Gasteiger partial charge < -0.3 is 14.7 Å². The van der Waals surface area contributed by atoms with Crippen LogP contribution in [0.5, 0.6) is 0 Å². The van der Waals surface area contributed by atoms with Crippen molar-refractivity contribution in [3.8, 4) is 0 Å². The normalized spacial score (nSPS) is 17.0. The van der Waals surface area contributed by atoms with Gasteiger partial charge in [-0.05, 0) is 68.5 Å². The highest BCUT2D eigenvalue weighted by Gasteiger charge is 2.28. The highest BCUT2D eigenvalue weighted by Crippen LogP contribution is 2.34. The molecule has 0 N–H and O–H groups in total. The predicted octanol–water partition coefficient (Wildman–Crippen LogP) is 5.46. The minimum Gasteiger partial charge on any atom is -0.368 e. The van der Waals surface area contributed by atoms with E-state index in [1.165, 1.54) is 23.2 Å². The summed E-state index contributed by atoms with van der Waals surface area (Å²) < 4.78 is 0. The number of nitrogens with zero attached hydrogens (tertiary/aromatic N) is 4. The summed E-state index contributed by atoms with van der Waals surface area (Å²) in [6, 6.07) is 12.4. The van der Waals surface area contributed by atoms with Crippen LogP contribution in [0.1, 0.15) is 40.7 Å². The number of anilines is 2. The van der Waals surface area contributed by atoms with E-state index >= 15 is 0 Å². The van der Waals surface area contributed by atoms with Crippen molar-refractivity contribution < 1.29 is 4.79 Å². The van der Waals surface area contributed by atoms with E-state index in [9.17, 15) is 4.79 Å². The second-order valence-electron chi connectivity index (χ2n) is 9.30. The SMILES string of the molecule is Cc1ccc(C)c(N2CCN(c3c(C(=O)N4CCCCC4)cnc4ccc(Cl)cc34)CC2)c1. The zero-order chi connectivity index (χ0) is 22.9. The highest BCUT2D eigenvalue weighted by molar-refractivity contribution is 6.31. The number of piperazine rings is 1. The smallest absolute Gasteiger partial charge is 0.257 e. The number of fused-ring (bicyclic) bond motifs is 1. The van der Waals surface area contributed by atoms with E-state index in [-0.39, 0.29) is 5.91 Å². The van der Waals surface area contributed by atoms with Crippen molar-refractivity contribution >= 4 is 39.8 Å². The summed E-state index contributed by atoms with van der Waals surface area (Å²) in [6.07, 6.45) is 5.12. The lowest BCUT2D eigenvalue weighted by atomic mass is 10.0. The third-order valence-corrected chi connectivity index (χ3v) is 7.21. The Morgan fingerprint density at radius 3 is 2.36 bits per heavy atom. The Morgan fingerprint density at radius 2 is 1.61 bits per heavy atom. The van der Waals surface area contributed by atoms with Crippen molar-refractivity contribution in [3.63, 3.8) is 0 Å². The first-order valence-electron chi connectivity index (χ1n) is 12.0. The van der Waals surface area contributed by atoms with E-state index in [0.717, 1.165) is 68.7 Å². The molecule has 2 aliphatic rings. The van der Waals surface area contributed by atoms with Crippen LogP contribution in [0.2, 0.25) is 5.02 Å². The summed E-state index contributed by atoms with van der Waals surface area (Å²) in [5.41, 5.74) is 6.45. The summed E-state index contributed by atoms with van der Waals surface area (Å²) in [7, 11) is 0. The average molecular weight is 463 g/mol. The van der Waals surface area contributed by atoms with E-state index in [1.54, 1.807) is 6.20 Å². The third-order valence-electron chi connectivity index (χ3n) is 6.98. The Balaban J connectivity index is 1.49. The molecular formula is C27H31ClN4O. The molecule has 2 aromatic carbocycles. The molecule has 0 spiro atoms. The maximum Gasteiger partial charge on any atom is 0.257 e. The molecule has 0 bridgehead atoms. The van der Waals surface area contributed by atoms with Gasteiger partial charge in [0, 0.05) is 61.6 Å². The molecule has 33 heavy (non-hydrogen) atoms.